The fourth-order valence-electron chi connectivity index (χ4n) is 2.03. The summed E-state index contributed by atoms with van der Waals surface area (Å²) in [7, 11) is 0. The van der Waals surface area contributed by atoms with Crippen LogP contribution >= 0.6 is 11.8 Å². The van der Waals surface area contributed by atoms with Crippen LogP contribution in [-0.2, 0) is 6.54 Å². The molecule has 0 aliphatic heterocycles. The van der Waals surface area contributed by atoms with Crippen molar-refractivity contribution in [2.45, 2.75) is 30.7 Å². The first-order valence-electron chi connectivity index (χ1n) is 7.24. The van der Waals surface area contributed by atoms with Gasteiger partial charge >= 0.3 is 6.18 Å². The fraction of sp³-hybridized carbons (Fsp3) is 0.400. The Morgan fingerprint density at radius 2 is 1.92 bits per heavy atom. The van der Waals surface area contributed by atoms with E-state index in [0.29, 0.717) is 12.0 Å². The van der Waals surface area contributed by atoms with Crippen molar-refractivity contribution >= 4 is 11.8 Å². The maximum atomic E-state index is 12.9. The molecule has 2 heterocycles. The second-order valence-electron chi connectivity index (χ2n) is 5.08. The average Bonchev–Trinajstić information content (AvgIpc) is 2.96. The Kier molecular flexibility index (Phi) is 6.37. The number of rotatable bonds is 7. The van der Waals surface area contributed by atoms with Crippen LogP contribution in [-0.4, -0.2) is 31.7 Å². The Hall–Kier alpha value is -2.59. The van der Waals surface area contributed by atoms with Gasteiger partial charge < -0.3 is 0 Å². The maximum Gasteiger partial charge on any atom is 0.406 e. The van der Waals surface area contributed by atoms with Crippen molar-refractivity contribution in [2.75, 3.05) is 5.75 Å². The third-order valence-electron chi connectivity index (χ3n) is 3.19. The van der Waals surface area contributed by atoms with Gasteiger partial charge in [-0.25, -0.2) is 0 Å². The Morgan fingerprint density at radius 3 is 2.52 bits per heavy atom. The Balaban J connectivity index is 2.25. The van der Waals surface area contributed by atoms with Gasteiger partial charge in [-0.2, -0.15) is 23.7 Å². The number of nitriles is 2. The fourth-order valence-corrected chi connectivity index (χ4v) is 3.03. The van der Waals surface area contributed by atoms with Gasteiger partial charge in [-0.05, 0) is 18.6 Å². The molecule has 0 spiro atoms. The minimum absolute atomic E-state index is 0.0846. The third-order valence-corrected chi connectivity index (χ3v) is 4.32. The molecule has 0 aliphatic rings. The summed E-state index contributed by atoms with van der Waals surface area (Å²) in [6.45, 7) is -1.23. The van der Waals surface area contributed by atoms with Crippen LogP contribution in [0.1, 0.15) is 12.8 Å². The lowest BCUT2D eigenvalue weighted by Gasteiger charge is -2.13. The van der Waals surface area contributed by atoms with Gasteiger partial charge in [-0.3, -0.25) is 9.55 Å². The standard InChI is InChI=1S/C15H13F3N6S/c16-15(17,18)10-24-13(12-3-6-21-7-4-12)22-23-14(24)25-9-11(8-20)2-1-5-19/h3-4,6-7,11H,1-2,9-10H2. The quantitative estimate of drug-likeness (QED) is 0.697. The highest BCUT2D eigenvalue weighted by Crippen LogP contribution is 2.29. The molecule has 0 aromatic carbocycles. The molecule has 1 atom stereocenters. The highest BCUT2D eigenvalue weighted by molar-refractivity contribution is 7.99. The van der Waals surface area contributed by atoms with Crippen LogP contribution in [0.5, 0.6) is 0 Å². The SMILES string of the molecule is N#CCCC(C#N)CSc1nnc(-c2ccncc2)n1CC(F)(F)F. The Morgan fingerprint density at radius 1 is 1.20 bits per heavy atom. The van der Waals surface area contributed by atoms with Gasteiger partial charge in [-0.15, -0.1) is 10.2 Å². The molecule has 0 fully saturated rings. The molecule has 0 aliphatic carbocycles. The lowest BCUT2D eigenvalue weighted by atomic mass is 10.1. The van der Waals surface area contributed by atoms with E-state index in [9.17, 15) is 13.2 Å². The van der Waals surface area contributed by atoms with Crippen LogP contribution in [0.2, 0.25) is 0 Å². The summed E-state index contributed by atoms with van der Waals surface area (Å²) >= 11 is 1.03. The van der Waals surface area contributed by atoms with Crippen molar-refractivity contribution in [2.24, 2.45) is 5.92 Å². The predicted octanol–water partition coefficient (Wildman–Crippen LogP) is 3.44. The second-order valence-corrected chi connectivity index (χ2v) is 6.06. The van der Waals surface area contributed by atoms with E-state index in [1.165, 1.54) is 12.4 Å². The monoisotopic (exact) mass is 366 g/mol. The molecule has 2 aromatic rings. The highest BCUT2D eigenvalue weighted by atomic mass is 32.2. The topological polar surface area (TPSA) is 91.2 Å². The smallest absolute Gasteiger partial charge is 0.293 e. The maximum absolute atomic E-state index is 12.9. The molecule has 6 nitrogen and oxygen atoms in total. The lowest BCUT2D eigenvalue weighted by Crippen LogP contribution is -2.19. The van der Waals surface area contributed by atoms with E-state index in [4.69, 9.17) is 10.5 Å². The first-order chi connectivity index (χ1) is 11.9. The molecule has 2 rings (SSSR count). The predicted molar refractivity (Wildman–Crippen MR) is 84.0 cm³/mol. The summed E-state index contributed by atoms with van der Waals surface area (Å²) in [6, 6.07) is 7.11. The van der Waals surface area contributed by atoms with E-state index in [-0.39, 0.29) is 23.2 Å². The van der Waals surface area contributed by atoms with Gasteiger partial charge in [0.05, 0.1) is 18.1 Å². The van der Waals surface area contributed by atoms with E-state index < -0.39 is 18.6 Å². The zero-order chi connectivity index (χ0) is 18.3. The number of hydrogen-bond acceptors (Lipinski definition) is 6. The molecule has 130 valence electrons. The molecule has 10 heteroatoms. The van der Waals surface area contributed by atoms with Crippen LogP contribution in [0.4, 0.5) is 13.2 Å². The number of halogens is 3. The zero-order valence-corrected chi connectivity index (χ0v) is 13.8. The molecule has 25 heavy (non-hydrogen) atoms. The third kappa shape index (κ3) is 5.47. The van der Waals surface area contributed by atoms with E-state index in [0.717, 1.165) is 16.3 Å². The second kappa shape index (κ2) is 8.49. The van der Waals surface area contributed by atoms with Gasteiger partial charge in [0.2, 0.25) is 0 Å². The number of thioether (sulfide) groups is 1. The number of hydrogen-bond donors (Lipinski definition) is 0. The van der Waals surface area contributed by atoms with Crippen LogP contribution in [0.15, 0.2) is 29.7 Å². The molecule has 1 unspecified atom stereocenters. The summed E-state index contributed by atoms with van der Waals surface area (Å²) < 4.78 is 39.8. The molecule has 2 aromatic heterocycles. The van der Waals surface area contributed by atoms with Gasteiger partial charge in [0.1, 0.15) is 6.54 Å². The highest BCUT2D eigenvalue weighted by Gasteiger charge is 2.31. The zero-order valence-electron chi connectivity index (χ0n) is 12.9. The number of alkyl halides is 3. The summed E-state index contributed by atoms with van der Waals surface area (Å²) in [5.74, 6) is -0.109. The van der Waals surface area contributed by atoms with E-state index in [1.807, 2.05) is 6.07 Å². The van der Waals surface area contributed by atoms with Crippen LogP contribution in [0, 0.1) is 28.6 Å². The van der Waals surface area contributed by atoms with E-state index in [2.05, 4.69) is 21.3 Å². The number of pyridine rings is 1. The normalized spacial score (nSPS) is 12.4. The summed E-state index contributed by atoms with van der Waals surface area (Å²) in [5, 5.41) is 25.4. The van der Waals surface area contributed by atoms with Gasteiger partial charge in [-0.1, -0.05) is 11.8 Å². The summed E-state index contributed by atoms with van der Waals surface area (Å²) in [5.41, 5.74) is 0.472. The first kappa shape index (κ1) is 18.7. The van der Waals surface area contributed by atoms with Crippen LogP contribution < -0.4 is 0 Å². The van der Waals surface area contributed by atoms with Crippen molar-refractivity contribution < 1.29 is 13.2 Å². The van der Waals surface area contributed by atoms with E-state index >= 15 is 0 Å². The minimum Gasteiger partial charge on any atom is -0.293 e. The van der Waals surface area contributed by atoms with Crippen molar-refractivity contribution in [1.29, 1.82) is 10.5 Å². The molecule has 0 bridgehead atoms. The van der Waals surface area contributed by atoms with Crippen molar-refractivity contribution in [3.63, 3.8) is 0 Å². The van der Waals surface area contributed by atoms with E-state index in [1.54, 1.807) is 12.1 Å². The van der Waals surface area contributed by atoms with Gasteiger partial charge in [0.15, 0.2) is 11.0 Å². The molecular weight excluding hydrogens is 353 g/mol. The Labute approximate surface area is 146 Å². The minimum atomic E-state index is -4.44. The summed E-state index contributed by atoms with van der Waals surface area (Å²) in [4.78, 5) is 3.83. The van der Waals surface area contributed by atoms with Gasteiger partial charge in [0.25, 0.3) is 0 Å². The molecular formula is C15H13F3N6S. The largest absolute Gasteiger partial charge is 0.406 e. The molecule has 0 amide bonds. The molecule has 0 radical (unpaired) electrons. The number of nitrogens with zero attached hydrogens (tertiary/aromatic N) is 6. The molecule has 0 saturated carbocycles. The molecule has 0 N–H and O–H groups in total. The van der Waals surface area contributed by atoms with Crippen molar-refractivity contribution in [3.05, 3.63) is 24.5 Å². The molecule has 0 saturated heterocycles. The van der Waals surface area contributed by atoms with Crippen LogP contribution in [0.25, 0.3) is 11.4 Å². The number of aromatic nitrogens is 4. The summed E-state index contributed by atoms with van der Waals surface area (Å²) in [6.07, 6.45) is -0.930. The van der Waals surface area contributed by atoms with Crippen molar-refractivity contribution in [1.82, 2.24) is 19.7 Å². The average molecular weight is 366 g/mol. The first-order valence-corrected chi connectivity index (χ1v) is 8.23. The van der Waals surface area contributed by atoms with Crippen molar-refractivity contribution in [3.8, 4) is 23.5 Å². The Bertz CT molecular complexity index is 775. The van der Waals surface area contributed by atoms with Gasteiger partial charge in [0, 0.05) is 30.1 Å². The van der Waals surface area contributed by atoms with Crippen LogP contribution in [0.3, 0.4) is 0 Å². The lowest BCUT2D eigenvalue weighted by molar-refractivity contribution is -0.141.